The molecule has 0 spiro atoms. The summed E-state index contributed by atoms with van der Waals surface area (Å²) in [4.78, 5) is 0. The van der Waals surface area contributed by atoms with Crippen LogP contribution in [0, 0.1) is 6.92 Å². The Morgan fingerprint density at radius 2 is 2.16 bits per heavy atom. The van der Waals surface area contributed by atoms with Crippen molar-refractivity contribution in [3.8, 4) is 0 Å². The van der Waals surface area contributed by atoms with Crippen molar-refractivity contribution in [1.82, 2.24) is 15.1 Å². The maximum atomic E-state index is 8.85. The molecular formula is C15H21N3O. The van der Waals surface area contributed by atoms with E-state index in [0.717, 1.165) is 12.1 Å². The van der Waals surface area contributed by atoms with Crippen LogP contribution in [-0.2, 0) is 13.1 Å². The van der Waals surface area contributed by atoms with Gasteiger partial charge in [-0.2, -0.15) is 5.10 Å². The van der Waals surface area contributed by atoms with Crippen LogP contribution in [0.2, 0.25) is 0 Å². The number of aromatic nitrogens is 2. The number of nitrogens with zero attached hydrogens (tertiary/aromatic N) is 2. The molecule has 0 bridgehead atoms. The largest absolute Gasteiger partial charge is 0.394 e. The Morgan fingerprint density at radius 3 is 2.89 bits per heavy atom. The fraction of sp³-hybridized carbons (Fsp3) is 0.400. The van der Waals surface area contributed by atoms with Crippen LogP contribution in [0.5, 0.6) is 0 Å². The molecule has 1 aromatic heterocycles. The van der Waals surface area contributed by atoms with Gasteiger partial charge in [0, 0.05) is 24.3 Å². The number of hydrogen-bond donors (Lipinski definition) is 2. The average Bonchev–Trinajstić information content (AvgIpc) is 2.85. The van der Waals surface area contributed by atoms with E-state index in [9.17, 15) is 0 Å². The van der Waals surface area contributed by atoms with Crippen LogP contribution in [0.25, 0.3) is 0 Å². The van der Waals surface area contributed by atoms with Gasteiger partial charge in [0.25, 0.3) is 0 Å². The van der Waals surface area contributed by atoms with Gasteiger partial charge in [-0.25, -0.2) is 0 Å². The second-order valence-corrected chi connectivity index (χ2v) is 4.79. The standard InChI is InChI=1S/C15H21N3O/c1-12-5-3-4-6-15(12)13(2)16-9-14-10-17-18(11-14)7-8-19/h3-6,10-11,13,16,19H,7-9H2,1-2H3. The Morgan fingerprint density at radius 1 is 1.37 bits per heavy atom. The lowest BCUT2D eigenvalue weighted by Crippen LogP contribution is -2.18. The Labute approximate surface area is 114 Å². The Kier molecular flexibility index (Phi) is 4.71. The molecule has 19 heavy (non-hydrogen) atoms. The van der Waals surface area contributed by atoms with E-state index < -0.39 is 0 Å². The van der Waals surface area contributed by atoms with Crippen LogP contribution in [0.1, 0.15) is 29.7 Å². The van der Waals surface area contributed by atoms with Crippen molar-refractivity contribution in [2.24, 2.45) is 0 Å². The summed E-state index contributed by atoms with van der Waals surface area (Å²) < 4.78 is 1.76. The Hall–Kier alpha value is -1.65. The van der Waals surface area contributed by atoms with Crippen molar-refractivity contribution in [3.63, 3.8) is 0 Å². The summed E-state index contributed by atoms with van der Waals surface area (Å²) in [6.45, 7) is 5.75. The molecule has 2 aromatic rings. The van der Waals surface area contributed by atoms with E-state index >= 15 is 0 Å². The lowest BCUT2D eigenvalue weighted by atomic mass is 10.0. The first-order chi connectivity index (χ1) is 9.20. The molecule has 0 radical (unpaired) electrons. The normalized spacial score (nSPS) is 12.6. The van der Waals surface area contributed by atoms with Crippen LogP contribution in [0.3, 0.4) is 0 Å². The lowest BCUT2D eigenvalue weighted by Gasteiger charge is -2.15. The third kappa shape index (κ3) is 3.66. The highest BCUT2D eigenvalue weighted by molar-refractivity contribution is 5.28. The topological polar surface area (TPSA) is 50.1 Å². The third-order valence-corrected chi connectivity index (χ3v) is 3.28. The SMILES string of the molecule is Cc1ccccc1C(C)NCc1cnn(CCO)c1. The zero-order valence-electron chi connectivity index (χ0n) is 11.5. The van der Waals surface area contributed by atoms with Gasteiger partial charge in [-0.1, -0.05) is 24.3 Å². The smallest absolute Gasteiger partial charge is 0.0640 e. The van der Waals surface area contributed by atoms with Gasteiger partial charge in [0.2, 0.25) is 0 Å². The van der Waals surface area contributed by atoms with Gasteiger partial charge >= 0.3 is 0 Å². The number of hydrogen-bond acceptors (Lipinski definition) is 3. The molecule has 1 heterocycles. The maximum absolute atomic E-state index is 8.85. The van der Waals surface area contributed by atoms with Crippen molar-refractivity contribution in [3.05, 3.63) is 53.3 Å². The zero-order chi connectivity index (χ0) is 13.7. The van der Waals surface area contributed by atoms with Crippen LogP contribution in [0.4, 0.5) is 0 Å². The van der Waals surface area contributed by atoms with Crippen LogP contribution in [0.15, 0.2) is 36.7 Å². The molecule has 0 saturated heterocycles. The minimum Gasteiger partial charge on any atom is -0.394 e. The van der Waals surface area contributed by atoms with Gasteiger partial charge in [0.1, 0.15) is 0 Å². The first-order valence-corrected chi connectivity index (χ1v) is 6.62. The summed E-state index contributed by atoms with van der Waals surface area (Å²) in [5.41, 5.74) is 3.76. The Bertz CT molecular complexity index is 522. The molecule has 0 amide bonds. The number of nitrogens with one attached hydrogen (secondary N) is 1. The van der Waals surface area contributed by atoms with Crippen molar-refractivity contribution in [1.29, 1.82) is 0 Å². The molecule has 102 valence electrons. The van der Waals surface area contributed by atoms with Gasteiger partial charge in [0.15, 0.2) is 0 Å². The highest BCUT2D eigenvalue weighted by Gasteiger charge is 2.07. The first kappa shape index (κ1) is 13.8. The summed E-state index contributed by atoms with van der Waals surface area (Å²) in [7, 11) is 0. The molecule has 1 aromatic carbocycles. The number of aliphatic hydroxyl groups excluding tert-OH is 1. The van der Waals surface area contributed by atoms with E-state index in [4.69, 9.17) is 5.11 Å². The predicted octanol–water partition coefficient (Wildman–Crippen LogP) is 2.03. The fourth-order valence-electron chi connectivity index (χ4n) is 2.18. The summed E-state index contributed by atoms with van der Waals surface area (Å²) in [5.74, 6) is 0. The second-order valence-electron chi connectivity index (χ2n) is 4.79. The molecule has 0 fully saturated rings. The van der Waals surface area contributed by atoms with Crippen LogP contribution < -0.4 is 5.32 Å². The molecule has 0 aliphatic carbocycles. The number of aryl methyl sites for hydroxylation is 1. The molecule has 4 heteroatoms. The van der Waals surface area contributed by atoms with E-state index in [1.807, 2.05) is 12.4 Å². The van der Waals surface area contributed by atoms with Gasteiger partial charge in [-0.15, -0.1) is 0 Å². The highest BCUT2D eigenvalue weighted by Crippen LogP contribution is 2.17. The highest BCUT2D eigenvalue weighted by atomic mass is 16.3. The average molecular weight is 259 g/mol. The van der Waals surface area contributed by atoms with Crippen molar-refractivity contribution in [2.45, 2.75) is 33.0 Å². The predicted molar refractivity (Wildman–Crippen MR) is 75.7 cm³/mol. The van der Waals surface area contributed by atoms with Crippen molar-refractivity contribution >= 4 is 0 Å². The molecule has 2 N–H and O–H groups in total. The second kappa shape index (κ2) is 6.50. The van der Waals surface area contributed by atoms with E-state index in [1.165, 1.54) is 11.1 Å². The van der Waals surface area contributed by atoms with E-state index in [2.05, 4.69) is 48.5 Å². The molecule has 2 rings (SSSR count). The summed E-state index contributed by atoms with van der Waals surface area (Å²) in [6.07, 6.45) is 3.81. The fourth-order valence-corrected chi connectivity index (χ4v) is 2.18. The van der Waals surface area contributed by atoms with E-state index in [1.54, 1.807) is 4.68 Å². The zero-order valence-corrected chi connectivity index (χ0v) is 11.5. The van der Waals surface area contributed by atoms with Gasteiger partial charge in [-0.3, -0.25) is 4.68 Å². The molecule has 0 aliphatic rings. The maximum Gasteiger partial charge on any atom is 0.0640 e. The quantitative estimate of drug-likeness (QED) is 0.834. The molecule has 4 nitrogen and oxygen atoms in total. The summed E-state index contributed by atoms with van der Waals surface area (Å²) in [5, 5.41) is 16.5. The van der Waals surface area contributed by atoms with Gasteiger partial charge in [0.05, 0.1) is 19.3 Å². The van der Waals surface area contributed by atoms with Crippen molar-refractivity contribution < 1.29 is 5.11 Å². The molecule has 0 aliphatic heterocycles. The third-order valence-electron chi connectivity index (χ3n) is 3.28. The minimum absolute atomic E-state index is 0.119. The minimum atomic E-state index is 0.119. The summed E-state index contributed by atoms with van der Waals surface area (Å²) in [6, 6.07) is 8.72. The molecule has 1 unspecified atom stereocenters. The monoisotopic (exact) mass is 259 g/mol. The molecular weight excluding hydrogens is 238 g/mol. The van der Waals surface area contributed by atoms with Crippen molar-refractivity contribution in [2.75, 3.05) is 6.61 Å². The summed E-state index contributed by atoms with van der Waals surface area (Å²) >= 11 is 0. The van der Waals surface area contributed by atoms with Crippen LogP contribution in [-0.4, -0.2) is 21.5 Å². The lowest BCUT2D eigenvalue weighted by molar-refractivity contribution is 0.269. The Balaban J connectivity index is 1.92. The number of benzene rings is 1. The number of aliphatic hydroxyl groups is 1. The number of rotatable bonds is 6. The molecule has 0 saturated carbocycles. The van der Waals surface area contributed by atoms with Gasteiger partial charge in [-0.05, 0) is 25.0 Å². The van der Waals surface area contributed by atoms with E-state index in [-0.39, 0.29) is 6.61 Å². The van der Waals surface area contributed by atoms with E-state index in [0.29, 0.717) is 12.6 Å². The first-order valence-electron chi connectivity index (χ1n) is 6.62. The molecule has 1 atom stereocenters. The van der Waals surface area contributed by atoms with Crippen LogP contribution >= 0.6 is 0 Å². The van der Waals surface area contributed by atoms with Gasteiger partial charge < -0.3 is 10.4 Å².